The number of piperidine rings is 1. The van der Waals surface area contributed by atoms with E-state index >= 15 is 0 Å². The van der Waals surface area contributed by atoms with Gasteiger partial charge in [0.1, 0.15) is 0 Å². The van der Waals surface area contributed by atoms with Crippen LogP contribution in [0, 0.1) is 6.92 Å². The molecular formula is C31H42N4O2. The molecule has 0 bridgehead atoms. The molecule has 2 aliphatic rings. The molecule has 6 heteroatoms. The van der Waals surface area contributed by atoms with Crippen molar-refractivity contribution in [3.05, 3.63) is 53.3 Å². The lowest BCUT2D eigenvalue weighted by atomic mass is 9.76. The molecule has 1 amide bonds. The largest absolute Gasteiger partial charge is 0.375 e. The molecule has 2 aromatic heterocycles. The summed E-state index contributed by atoms with van der Waals surface area (Å²) in [4.78, 5) is 21.6. The summed E-state index contributed by atoms with van der Waals surface area (Å²) < 4.78 is 6.49. The summed E-state index contributed by atoms with van der Waals surface area (Å²) in [5.41, 5.74) is 6.23. The fraction of sp³-hybridized carbons (Fsp3) is 0.548. The quantitative estimate of drug-likeness (QED) is 0.415. The number of aromatic nitrogens is 2. The number of fused-ring (bicyclic) bond motifs is 1. The molecule has 2 atom stereocenters. The van der Waals surface area contributed by atoms with Crippen LogP contribution in [-0.2, 0) is 14.9 Å². The highest BCUT2D eigenvalue weighted by Gasteiger charge is 2.36. The van der Waals surface area contributed by atoms with Crippen molar-refractivity contribution in [1.29, 1.82) is 0 Å². The number of carbonyl (C=O) groups is 1. The number of hydrogen-bond acceptors (Lipinski definition) is 4. The number of hydrogen-bond donors (Lipinski definition) is 3. The van der Waals surface area contributed by atoms with E-state index in [2.05, 4.69) is 71.7 Å². The van der Waals surface area contributed by atoms with E-state index in [-0.39, 0.29) is 12.0 Å². The first-order valence-corrected chi connectivity index (χ1v) is 14.1. The molecule has 0 spiro atoms. The first-order chi connectivity index (χ1) is 17.8. The summed E-state index contributed by atoms with van der Waals surface area (Å²) in [7, 11) is 0. The number of rotatable bonds is 5. The van der Waals surface area contributed by atoms with Crippen LogP contribution < -0.4 is 10.6 Å². The van der Waals surface area contributed by atoms with E-state index in [0.29, 0.717) is 18.6 Å². The Morgan fingerprint density at radius 3 is 2.54 bits per heavy atom. The highest BCUT2D eigenvalue weighted by atomic mass is 16.5. The van der Waals surface area contributed by atoms with E-state index in [9.17, 15) is 4.79 Å². The number of ether oxygens (including phenoxy) is 1. The van der Waals surface area contributed by atoms with Gasteiger partial charge in [-0.2, -0.15) is 0 Å². The maximum absolute atomic E-state index is 13.6. The summed E-state index contributed by atoms with van der Waals surface area (Å²) in [6, 6.07) is 10.8. The maximum atomic E-state index is 13.6. The second kappa shape index (κ2) is 11.0. The predicted octanol–water partition coefficient (Wildman–Crippen LogP) is 5.75. The van der Waals surface area contributed by atoms with E-state index in [1.165, 1.54) is 10.9 Å². The fourth-order valence-corrected chi connectivity index (χ4v) is 6.18. The molecule has 3 aromatic rings. The second-order valence-corrected chi connectivity index (χ2v) is 11.5. The van der Waals surface area contributed by atoms with Crippen LogP contribution in [-0.4, -0.2) is 47.7 Å². The van der Waals surface area contributed by atoms with Crippen molar-refractivity contribution in [1.82, 2.24) is 20.6 Å². The molecule has 2 saturated heterocycles. The molecule has 4 heterocycles. The van der Waals surface area contributed by atoms with E-state index in [0.717, 1.165) is 79.6 Å². The third kappa shape index (κ3) is 5.46. The number of nitrogens with zero attached hydrogens (tertiary/aromatic N) is 1. The number of benzene rings is 1. The van der Waals surface area contributed by atoms with Gasteiger partial charge in [0.25, 0.3) is 0 Å². The smallest absolute Gasteiger partial charge is 0.230 e. The summed E-state index contributed by atoms with van der Waals surface area (Å²) >= 11 is 0. The Balaban J connectivity index is 1.43. The summed E-state index contributed by atoms with van der Waals surface area (Å²) in [6.45, 7) is 11.4. The van der Waals surface area contributed by atoms with E-state index < -0.39 is 5.41 Å². The van der Waals surface area contributed by atoms with Gasteiger partial charge in [-0.1, -0.05) is 19.9 Å². The molecule has 5 rings (SSSR count). The zero-order chi connectivity index (χ0) is 26.0. The van der Waals surface area contributed by atoms with Crippen LogP contribution in [0.25, 0.3) is 22.2 Å². The first-order valence-electron chi connectivity index (χ1n) is 14.1. The lowest BCUT2D eigenvalue weighted by Crippen LogP contribution is -2.42. The standard InChI is InChI=1S/C31H42N4O2/c1-20(2)28-26-19-23(7-8-27(26)35-29(28)22-9-16-33-21(3)18-22)31(4)13-5-6-24(12-17-34-30(31)36)37-25-10-14-32-15-11-25/h7-9,16,18-20,24-25,32,35H,5-6,10-15,17H2,1-4H3,(H,34,36). The molecule has 0 saturated carbocycles. The van der Waals surface area contributed by atoms with Gasteiger partial charge in [-0.25, -0.2) is 0 Å². The average molecular weight is 503 g/mol. The van der Waals surface area contributed by atoms with Crippen LogP contribution >= 0.6 is 0 Å². The van der Waals surface area contributed by atoms with Gasteiger partial charge in [-0.3, -0.25) is 9.78 Å². The van der Waals surface area contributed by atoms with Gasteiger partial charge in [0.15, 0.2) is 0 Å². The number of nitrogens with one attached hydrogen (secondary N) is 3. The molecule has 1 aromatic carbocycles. The molecule has 0 radical (unpaired) electrons. The normalized spacial score (nSPS) is 24.0. The minimum absolute atomic E-state index is 0.126. The Kier molecular flexibility index (Phi) is 7.68. The Labute approximate surface area is 221 Å². The summed E-state index contributed by atoms with van der Waals surface area (Å²) in [6.07, 6.45) is 8.27. The minimum Gasteiger partial charge on any atom is -0.375 e. The SMILES string of the molecule is Cc1cc(-c2[nH]c3ccc(C4(C)CCCC(OC5CCNCC5)CCNC4=O)cc3c2C(C)C)ccn1. The van der Waals surface area contributed by atoms with Crippen LogP contribution in [0.5, 0.6) is 0 Å². The zero-order valence-electron chi connectivity index (χ0n) is 22.8. The number of carbonyl (C=O) groups excluding carboxylic acids is 1. The van der Waals surface area contributed by atoms with Crippen LogP contribution in [0.1, 0.15) is 82.0 Å². The third-order valence-corrected chi connectivity index (χ3v) is 8.37. The molecule has 0 aliphatic carbocycles. The zero-order valence-corrected chi connectivity index (χ0v) is 22.8. The van der Waals surface area contributed by atoms with Crippen molar-refractivity contribution in [2.75, 3.05) is 19.6 Å². The molecule has 6 nitrogen and oxygen atoms in total. The number of aromatic amines is 1. The molecule has 2 aliphatic heterocycles. The third-order valence-electron chi connectivity index (χ3n) is 8.37. The van der Waals surface area contributed by atoms with Gasteiger partial charge in [0.05, 0.1) is 23.3 Å². The molecule has 198 valence electrons. The number of aryl methyl sites for hydroxylation is 1. The van der Waals surface area contributed by atoms with Gasteiger partial charge in [0.2, 0.25) is 5.91 Å². The van der Waals surface area contributed by atoms with E-state index in [1.807, 2.05) is 13.1 Å². The van der Waals surface area contributed by atoms with Crippen molar-refractivity contribution in [3.8, 4) is 11.3 Å². The maximum Gasteiger partial charge on any atom is 0.230 e. The van der Waals surface area contributed by atoms with Gasteiger partial charge in [-0.05, 0) is 107 Å². The lowest BCUT2D eigenvalue weighted by Gasteiger charge is -2.29. The van der Waals surface area contributed by atoms with Crippen LogP contribution in [0.3, 0.4) is 0 Å². The Hall–Kier alpha value is -2.70. The molecule has 3 N–H and O–H groups in total. The highest BCUT2D eigenvalue weighted by molar-refractivity contribution is 5.94. The first kappa shape index (κ1) is 25.9. The Bertz CT molecular complexity index is 1240. The van der Waals surface area contributed by atoms with Crippen molar-refractivity contribution in [2.24, 2.45) is 0 Å². The predicted molar refractivity (Wildman–Crippen MR) is 150 cm³/mol. The topological polar surface area (TPSA) is 79.0 Å². The lowest BCUT2D eigenvalue weighted by molar-refractivity contribution is -0.126. The highest BCUT2D eigenvalue weighted by Crippen LogP contribution is 2.39. The van der Waals surface area contributed by atoms with Gasteiger partial charge < -0.3 is 20.4 Å². The van der Waals surface area contributed by atoms with Crippen LogP contribution in [0.4, 0.5) is 0 Å². The second-order valence-electron chi connectivity index (χ2n) is 11.5. The number of amides is 1. The monoisotopic (exact) mass is 502 g/mol. The molecule has 37 heavy (non-hydrogen) atoms. The minimum atomic E-state index is -0.573. The molecule has 2 fully saturated rings. The van der Waals surface area contributed by atoms with E-state index in [1.54, 1.807) is 0 Å². The number of pyridine rings is 1. The van der Waals surface area contributed by atoms with Crippen molar-refractivity contribution < 1.29 is 9.53 Å². The number of H-pyrrole nitrogens is 1. The average Bonchev–Trinajstić information content (AvgIpc) is 3.30. The van der Waals surface area contributed by atoms with Gasteiger partial charge >= 0.3 is 0 Å². The fourth-order valence-electron chi connectivity index (χ4n) is 6.18. The Morgan fingerprint density at radius 2 is 1.78 bits per heavy atom. The molecule has 2 unspecified atom stereocenters. The van der Waals surface area contributed by atoms with Crippen LogP contribution in [0.15, 0.2) is 36.5 Å². The molecular weight excluding hydrogens is 460 g/mol. The summed E-state index contributed by atoms with van der Waals surface area (Å²) in [5.74, 6) is 0.462. The van der Waals surface area contributed by atoms with Crippen molar-refractivity contribution in [3.63, 3.8) is 0 Å². The van der Waals surface area contributed by atoms with Gasteiger partial charge in [0, 0.05) is 34.9 Å². The van der Waals surface area contributed by atoms with E-state index in [4.69, 9.17) is 4.74 Å². The van der Waals surface area contributed by atoms with Crippen molar-refractivity contribution in [2.45, 2.75) is 89.8 Å². The van der Waals surface area contributed by atoms with Gasteiger partial charge in [-0.15, -0.1) is 0 Å². The summed E-state index contributed by atoms with van der Waals surface area (Å²) in [5, 5.41) is 7.88. The Morgan fingerprint density at radius 1 is 1.03 bits per heavy atom. The van der Waals surface area contributed by atoms with Crippen molar-refractivity contribution >= 4 is 16.8 Å². The van der Waals surface area contributed by atoms with Crippen LogP contribution in [0.2, 0.25) is 0 Å².